The van der Waals surface area contributed by atoms with Gasteiger partial charge in [0.2, 0.25) is 0 Å². The third-order valence-corrected chi connectivity index (χ3v) is 4.28. The molecule has 1 aliphatic rings. The summed E-state index contributed by atoms with van der Waals surface area (Å²) in [5, 5.41) is 0. The lowest BCUT2D eigenvalue weighted by Gasteiger charge is -2.17. The predicted molar refractivity (Wildman–Crippen MR) is 92.3 cm³/mol. The number of fused-ring (bicyclic) bond motifs is 1. The number of nitrogens with zero attached hydrogens (tertiary/aromatic N) is 1. The van der Waals surface area contributed by atoms with E-state index in [1.165, 1.54) is 16.7 Å². The van der Waals surface area contributed by atoms with Crippen LogP contribution < -0.4 is 4.74 Å². The van der Waals surface area contributed by atoms with Crippen molar-refractivity contribution in [3.63, 3.8) is 0 Å². The van der Waals surface area contributed by atoms with Gasteiger partial charge in [-0.3, -0.25) is 4.90 Å². The molecule has 0 fully saturated rings. The zero-order chi connectivity index (χ0) is 15.2. The van der Waals surface area contributed by atoms with Crippen LogP contribution in [0.25, 0.3) is 6.08 Å². The van der Waals surface area contributed by atoms with Crippen molar-refractivity contribution in [3.05, 3.63) is 71.3 Å². The minimum atomic E-state index is 0.969. The molecular formula is C20H23NO. The van der Waals surface area contributed by atoms with Gasteiger partial charge in [-0.05, 0) is 41.7 Å². The summed E-state index contributed by atoms with van der Waals surface area (Å²) in [7, 11) is 1.74. The van der Waals surface area contributed by atoms with Gasteiger partial charge in [0.25, 0.3) is 0 Å². The van der Waals surface area contributed by atoms with Crippen LogP contribution in [0.15, 0.2) is 54.6 Å². The molecule has 0 aliphatic carbocycles. The second kappa shape index (κ2) is 7.28. The van der Waals surface area contributed by atoms with Gasteiger partial charge in [-0.15, -0.1) is 0 Å². The minimum Gasteiger partial charge on any atom is -0.497 e. The van der Waals surface area contributed by atoms with Gasteiger partial charge in [0.15, 0.2) is 0 Å². The largest absolute Gasteiger partial charge is 0.497 e. The van der Waals surface area contributed by atoms with Crippen LogP contribution in [-0.2, 0) is 12.8 Å². The van der Waals surface area contributed by atoms with Gasteiger partial charge in [0, 0.05) is 19.6 Å². The first-order valence-corrected chi connectivity index (χ1v) is 7.95. The van der Waals surface area contributed by atoms with E-state index in [1.54, 1.807) is 7.11 Å². The van der Waals surface area contributed by atoms with Crippen LogP contribution >= 0.6 is 0 Å². The molecule has 0 unspecified atom stereocenters. The van der Waals surface area contributed by atoms with Gasteiger partial charge >= 0.3 is 0 Å². The first-order valence-electron chi connectivity index (χ1n) is 7.95. The maximum atomic E-state index is 5.34. The molecule has 0 saturated heterocycles. The Kier molecular flexibility index (Phi) is 4.92. The minimum absolute atomic E-state index is 0.969. The maximum Gasteiger partial charge on any atom is 0.119 e. The van der Waals surface area contributed by atoms with Gasteiger partial charge < -0.3 is 4.74 Å². The average Bonchev–Trinajstić information content (AvgIpc) is 2.78. The summed E-state index contributed by atoms with van der Waals surface area (Å²) < 4.78 is 5.34. The Bertz CT molecular complexity index is 633. The molecule has 3 rings (SSSR count). The van der Waals surface area contributed by atoms with Crippen LogP contribution in [0.3, 0.4) is 0 Å². The molecular weight excluding hydrogens is 270 g/mol. The highest BCUT2D eigenvalue weighted by Gasteiger charge is 2.13. The summed E-state index contributed by atoms with van der Waals surface area (Å²) in [6, 6.07) is 17.0. The second-order valence-corrected chi connectivity index (χ2v) is 5.75. The van der Waals surface area contributed by atoms with Gasteiger partial charge in [-0.1, -0.05) is 48.6 Å². The first-order chi connectivity index (χ1) is 10.8. The van der Waals surface area contributed by atoms with E-state index in [1.807, 2.05) is 0 Å². The smallest absolute Gasteiger partial charge is 0.119 e. The standard InChI is InChI=1S/C20H23NO/c1-22-20-10-9-18-11-14-21(15-12-19(18)16-20)13-5-8-17-6-3-2-4-7-17/h2-10,16H,11-15H2,1H3. The molecule has 0 N–H and O–H groups in total. The zero-order valence-electron chi connectivity index (χ0n) is 13.2. The third kappa shape index (κ3) is 3.77. The van der Waals surface area contributed by atoms with Crippen LogP contribution in [0.4, 0.5) is 0 Å². The molecule has 2 heteroatoms. The van der Waals surface area contributed by atoms with E-state index in [2.05, 4.69) is 65.6 Å². The fourth-order valence-corrected chi connectivity index (χ4v) is 2.96. The number of hydrogen-bond acceptors (Lipinski definition) is 2. The summed E-state index contributed by atoms with van der Waals surface area (Å²) in [5.74, 6) is 0.969. The lowest BCUT2D eigenvalue weighted by molar-refractivity contribution is 0.319. The zero-order valence-corrected chi connectivity index (χ0v) is 13.2. The molecule has 0 aromatic heterocycles. The molecule has 1 aliphatic heterocycles. The Morgan fingerprint density at radius 3 is 2.55 bits per heavy atom. The normalized spacial score (nSPS) is 15.5. The average molecular weight is 293 g/mol. The van der Waals surface area contributed by atoms with Crippen molar-refractivity contribution in [2.75, 3.05) is 26.7 Å². The quantitative estimate of drug-likeness (QED) is 0.850. The van der Waals surface area contributed by atoms with E-state index in [-0.39, 0.29) is 0 Å². The Morgan fingerprint density at radius 1 is 1.00 bits per heavy atom. The second-order valence-electron chi connectivity index (χ2n) is 5.75. The molecule has 22 heavy (non-hydrogen) atoms. The fraction of sp³-hybridized carbons (Fsp3) is 0.300. The Labute approximate surface area is 133 Å². The number of rotatable bonds is 4. The summed E-state index contributed by atoms with van der Waals surface area (Å²) in [6.45, 7) is 3.25. The molecule has 1 heterocycles. The lowest BCUT2D eigenvalue weighted by Crippen LogP contribution is -2.26. The van der Waals surface area contributed by atoms with Crippen molar-refractivity contribution in [1.29, 1.82) is 0 Å². The lowest BCUT2D eigenvalue weighted by atomic mass is 10.0. The van der Waals surface area contributed by atoms with Crippen molar-refractivity contribution in [3.8, 4) is 5.75 Å². The van der Waals surface area contributed by atoms with Crippen LogP contribution in [-0.4, -0.2) is 31.6 Å². The molecule has 0 atom stereocenters. The topological polar surface area (TPSA) is 12.5 Å². The Morgan fingerprint density at radius 2 is 1.77 bits per heavy atom. The van der Waals surface area contributed by atoms with Gasteiger partial charge in [-0.25, -0.2) is 0 Å². The molecule has 0 bridgehead atoms. The first kappa shape index (κ1) is 14.9. The van der Waals surface area contributed by atoms with Crippen molar-refractivity contribution in [1.82, 2.24) is 4.90 Å². The predicted octanol–water partition coefficient (Wildman–Crippen LogP) is 3.81. The van der Waals surface area contributed by atoms with Crippen molar-refractivity contribution in [2.24, 2.45) is 0 Å². The highest BCUT2D eigenvalue weighted by atomic mass is 16.5. The monoisotopic (exact) mass is 293 g/mol. The van der Waals surface area contributed by atoms with Crippen LogP contribution in [0, 0.1) is 0 Å². The van der Waals surface area contributed by atoms with E-state index >= 15 is 0 Å². The van der Waals surface area contributed by atoms with Gasteiger partial charge in [0.1, 0.15) is 5.75 Å². The number of ether oxygens (including phenoxy) is 1. The highest BCUT2D eigenvalue weighted by Crippen LogP contribution is 2.21. The number of hydrogen-bond donors (Lipinski definition) is 0. The van der Waals surface area contributed by atoms with E-state index in [4.69, 9.17) is 4.74 Å². The summed E-state index contributed by atoms with van der Waals surface area (Å²) >= 11 is 0. The van der Waals surface area contributed by atoms with Crippen LogP contribution in [0.5, 0.6) is 5.75 Å². The summed E-state index contributed by atoms with van der Waals surface area (Å²) in [5.41, 5.74) is 4.18. The Hall–Kier alpha value is -2.06. The van der Waals surface area contributed by atoms with Crippen LogP contribution in [0.2, 0.25) is 0 Å². The van der Waals surface area contributed by atoms with E-state index in [9.17, 15) is 0 Å². The highest BCUT2D eigenvalue weighted by molar-refractivity contribution is 5.48. The SMILES string of the molecule is COc1ccc2c(c1)CCN(CC=Cc1ccccc1)CC2. The fourth-order valence-electron chi connectivity index (χ4n) is 2.96. The molecule has 2 aromatic rings. The van der Waals surface area contributed by atoms with Crippen LogP contribution in [0.1, 0.15) is 16.7 Å². The summed E-state index contributed by atoms with van der Waals surface area (Å²) in [6.07, 6.45) is 6.71. The molecule has 0 spiro atoms. The van der Waals surface area contributed by atoms with Crippen molar-refractivity contribution >= 4 is 6.08 Å². The van der Waals surface area contributed by atoms with Gasteiger partial charge in [-0.2, -0.15) is 0 Å². The maximum absolute atomic E-state index is 5.34. The Balaban J connectivity index is 1.59. The third-order valence-electron chi connectivity index (χ3n) is 4.28. The van der Waals surface area contributed by atoms with Crippen molar-refractivity contribution < 1.29 is 4.74 Å². The van der Waals surface area contributed by atoms with E-state index in [0.717, 1.165) is 38.2 Å². The molecule has 2 nitrogen and oxygen atoms in total. The molecule has 0 saturated carbocycles. The molecule has 2 aromatic carbocycles. The molecule has 114 valence electrons. The number of benzene rings is 2. The van der Waals surface area contributed by atoms with Crippen molar-refractivity contribution in [2.45, 2.75) is 12.8 Å². The molecule has 0 amide bonds. The summed E-state index contributed by atoms with van der Waals surface area (Å²) in [4.78, 5) is 2.52. The van der Waals surface area contributed by atoms with E-state index < -0.39 is 0 Å². The van der Waals surface area contributed by atoms with E-state index in [0.29, 0.717) is 0 Å². The number of methoxy groups -OCH3 is 1. The van der Waals surface area contributed by atoms with Gasteiger partial charge in [0.05, 0.1) is 7.11 Å². The molecule has 0 radical (unpaired) electrons.